The van der Waals surface area contributed by atoms with Crippen molar-refractivity contribution in [2.75, 3.05) is 13.1 Å². The van der Waals surface area contributed by atoms with E-state index >= 15 is 0 Å². The normalized spacial score (nSPS) is 23.2. The number of aryl methyl sites for hydroxylation is 2. The second-order valence-corrected chi connectivity index (χ2v) is 8.23. The van der Waals surface area contributed by atoms with E-state index in [1.165, 1.54) is 16.4 Å². The highest BCUT2D eigenvalue weighted by atomic mass is 32.2. The SMILES string of the molecule is Cc1cc(F)cc(C)c1S(=O)(=O)N1CC(C)OC(C)(C)C1. The van der Waals surface area contributed by atoms with Gasteiger partial charge in [0.15, 0.2) is 0 Å². The fourth-order valence-corrected chi connectivity index (χ4v) is 5.09. The van der Waals surface area contributed by atoms with Crippen LogP contribution in [-0.2, 0) is 14.8 Å². The zero-order valence-electron chi connectivity index (χ0n) is 13.1. The first-order valence-electron chi connectivity index (χ1n) is 6.98. The third-order valence-corrected chi connectivity index (χ3v) is 5.68. The molecule has 1 atom stereocenters. The van der Waals surface area contributed by atoms with Gasteiger partial charge in [-0.3, -0.25) is 0 Å². The van der Waals surface area contributed by atoms with Crippen molar-refractivity contribution in [2.45, 2.75) is 51.2 Å². The highest BCUT2D eigenvalue weighted by Gasteiger charge is 2.39. The minimum absolute atomic E-state index is 0.176. The number of morpholine rings is 1. The van der Waals surface area contributed by atoms with Gasteiger partial charge < -0.3 is 4.74 Å². The maximum absolute atomic E-state index is 13.4. The Labute approximate surface area is 126 Å². The molecule has 1 aromatic carbocycles. The standard InChI is InChI=1S/C15H22FNO3S/c1-10-6-13(16)7-11(2)14(10)21(18,19)17-8-12(3)20-15(4,5)9-17/h6-7,12H,8-9H2,1-5H3. The lowest BCUT2D eigenvalue weighted by molar-refractivity contribution is -0.109. The molecule has 1 unspecified atom stereocenters. The van der Waals surface area contributed by atoms with E-state index in [4.69, 9.17) is 4.74 Å². The molecule has 1 heterocycles. The Kier molecular flexibility index (Phi) is 4.17. The van der Waals surface area contributed by atoms with Gasteiger partial charge in [0, 0.05) is 13.1 Å². The first kappa shape index (κ1) is 16.4. The molecule has 0 bridgehead atoms. The average molecular weight is 315 g/mol. The molecule has 0 spiro atoms. The Morgan fingerprint density at radius 1 is 1.29 bits per heavy atom. The highest BCUT2D eigenvalue weighted by Crippen LogP contribution is 2.30. The molecule has 0 radical (unpaired) electrons. The van der Waals surface area contributed by atoms with E-state index < -0.39 is 21.4 Å². The van der Waals surface area contributed by atoms with Gasteiger partial charge in [0.2, 0.25) is 10.0 Å². The Bertz CT molecular complexity index is 632. The van der Waals surface area contributed by atoms with Gasteiger partial charge in [-0.1, -0.05) is 0 Å². The summed E-state index contributed by atoms with van der Waals surface area (Å²) < 4.78 is 46.4. The van der Waals surface area contributed by atoms with Crippen molar-refractivity contribution in [3.05, 3.63) is 29.1 Å². The monoisotopic (exact) mass is 315 g/mol. The zero-order valence-corrected chi connectivity index (χ0v) is 13.9. The Balaban J connectivity index is 2.48. The van der Waals surface area contributed by atoms with Crippen LogP contribution < -0.4 is 0 Å². The number of sulfonamides is 1. The maximum Gasteiger partial charge on any atom is 0.243 e. The van der Waals surface area contributed by atoms with Crippen LogP contribution in [0.4, 0.5) is 4.39 Å². The predicted octanol–water partition coefficient (Wildman–Crippen LogP) is 2.63. The first-order chi connectivity index (χ1) is 9.53. The van der Waals surface area contributed by atoms with Gasteiger partial charge in [0.05, 0.1) is 16.6 Å². The molecule has 0 N–H and O–H groups in total. The molecule has 1 fully saturated rings. The second kappa shape index (κ2) is 5.34. The van der Waals surface area contributed by atoms with E-state index in [-0.39, 0.29) is 17.5 Å². The summed E-state index contributed by atoms with van der Waals surface area (Å²) in [5.41, 5.74) is 0.334. The highest BCUT2D eigenvalue weighted by molar-refractivity contribution is 7.89. The van der Waals surface area contributed by atoms with Crippen LogP contribution in [0.25, 0.3) is 0 Å². The largest absolute Gasteiger partial charge is 0.370 e. The van der Waals surface area contributed by atoms with Crippen LogP contribution in [0.1, 0.15) is 31.9 Å². The molecule has 0 aromatic heterocycles. The molecule has 1 aliphatic heterocycles. The third kappa shape index (κ3) is 3.27. The summed E-state index contributed by atoms with van der Waals surface area (Å²) >= 11 is 0. The number of rotatable bonds is 2. The van der Waals surface area contributed by atoms with E-state index in [0.717, 1.165) is 0 Å². The van der Waals surface area contributed by atoms with Crippen molar-refractivity contribution in [1.29, 1.82) is 0 Å². The topological polar surface area (TPSA) is 46.6 Å². The van der Waals surface area contributed by atoms with E-state index in [2.05, 4.69) is 0 Å². The van der Waals surface area contributed by atoms with Gasteiger partial charge in [-0.05, 0) is 57.9 Å². The second-order valence-electron chi connectivity index (χ2n) is 6.35. The number of hydrogen-bond donors (Lipinski definition) is 0. The van der Waals surface area contributed by atoms with Crippen LogP contribution in [0.2, 0.25) is 0 Å². The van der Waals surface area contributed by atoms with Crippen LogP contribution in [0.5, 0.6) is 0 Å². The summed E-state index contributed by atoms with van der Waals surface area (Å²) in [6.07, 6.45) is -0.176. The Morgan fingerprint density at radius 2 is 1.81 bits per heavy atom. The van der Waals surface area contributed by atoms with E-state index in [1.54, 1.807) is 13.8 Å². The maximum atomic E-state index is 13.4. The van der Waals surface area contributed by atoms with Crippen molar-refractivity contribution >= 4 is 10.0 Å². The molecular formula is C15H22FNO3S. The lowest BCUT2D eigenvalue weighted by atomic mass is 10.1. The number of ether oxygens (including phenoxy) is 1. The van der Waals surface area contributed by atoms with Crippen LogP contribution in [0, 0.1) is 19.7 Å². The van der Waals surface area contributed by atoms with Crippen molar-refractivity contribution in [2.24, 2.45) is 0 Å². The number of benzene rings is 1. The summed E-state index contributed by atoms with van der Waals surface area (Å²) in [5.74, 6) is -0.417. The lowest BCUT2D eigenvalue weighted by Gasteiger charge is -2.41. The minimum atomic E-state index is -3.66. The molecule has 21 heavy (non-hydrogen) atoms. The molecule has 0 aliphatic carbocycles. The van der Waals surface area contributed by atoms with Gasteiger partial charge in [0.25, 0.3) is 0 Å². The van der Waals surface area contributed by atoms with E-state index in [0.29, 0.717) is 17.7 Å². The summed E-state index contributed by atoms with van der Waals surface area (Å²) in [7, 11) is -3.66. The van der Waals surface area contributed by atoms with Gasteiger partial charge in [-0.25, -0.2) is 12.8 Å². The summed E-state index contributed by atoms with van der Waals surface area (Å²) in [6.45, 7) is 9.44. The van der Waals surface area contributed by atoms with Gasteiger partial charge in [0.1, 0.15) is 5.82 Å². The molecule has 1 saturated heterocycles. The van der Waals surface area contributed by atoms with Crippen molar-refractivity contribution < 1.29 is 17.5 Å². The molecule has 1 aromatic rings. The average Bonchev–Trinajstić information content (AvgIpc) is 2.23. The number of halogens is 1. The smallest absolute Gasteiger partial charge is 0.243 e. The fraction of sp³-hybridized carbons (Fsp3) is 0.600. The molecule has 118 valence electrons. The fourth-order valence-electron chi connectivity index (χ4n) is 3.01. The van der Waals surface area contributed by atoms with Crippen molar-refractivity contribution in [3.63, 3.8) is 0 Å². The van der Waals surface area contributed by atoms with Crippen LogP contribution in [0.3, 0.4) is 0 Å². The molecule has 2 rings (SSSR count). The van der Waals surface area contributed by atoms with Crippen molar-refractivity contribution in [3.8, 4) is 0 Å². The molecule has 4 nitrogen and oxygen atoms in total. The summed E-state index contributed by atoms with van der Waals surface area (Å²) in [4.78, 5) is 0.203. The van der Waals surface area contributed by atoms with Gasteiger partial charge in [-0.15, -0.1) is 0 Å². The van der Waals surface area contributed by atoms with Crippen LogP contribution in [0.15, 0.2) is 17.0 Å². The molecule has 0 amide bonds. The molecule has 1 aliphatic rings. The number of hydrogen-bond acceptors (Lipinski definition) is 3. The zero-order chi connectivity index (χ0) is 16.0. The summed E-state index contributed by atoms with van der Waals surface area (Å²) in [5, 5.41) is 0. The van der Waals surface area contributed by atoms with E-state index in [9.17, 15) is 12.8 Å². The summed E-state index contributed by atoms with van der Waals surface area (Å²) in [6, 6.07) is 2.52. The first-order valence-corrected chi connectivity index (χ1v) is 8.42. The van der Waals surface area contributed by atoms with Crippen LogP contribution in [-0.4, -0.2) is 37.5 Å². The predicted molar refractivity (Wildman–Crippen MR) is 79.3 cm³/mol. The van der Waals surface area contributed by atoms with E-state index in [1.807, 2.05) is 20.8 Å². The van der Waals surface area contributed by atoms with Crippen molar-refractivity contribution in [1.82, 2.24) is 4.31 Å². The molecule has 6 heteroatoms. The van der Waals surface area contributed by atoms with Gasteiger partial charge >= 0.3 is 0 Å². The third-order valence-electron chi connectivity index (χ3n) is 3.56. The van der Waals surface area contributed by atoms with Crippen LogP contribution >= 0.6 is 0 Å². The Morgan fingerprint density at radius 3 is 2.29 bits per heavy atom. The lowest BCUT2D eigenvalue weighted by Crippen LogP contribution is -2.53. The van der Waals surface area contributed by atoms with Gasteiger partial charge in [-0.2, -0.15) is 4.31 Å². The molecular weight excluding hydrogens is 293 g/mol. The molecule has 0 saturated carbocycles. The quantitative estimate of drug-likeness (QED) is 0.843. The minimum Gasteiger partial charge on any atom is -0.370 e. The number of nitrogens with zero attached hydrogens (tertiary/aromatic N) is 1. The Hall–Kier alpha value is -0.980.